The molecule has 1 saturated heterocycles. The molecule has 0 bridgehead atoms. The average molecular weight is 353 g/mol. The van der Waals surface area contributed by atoms with E-state index in [-0.39, 0.29) is 5.91 Å². The molecule has 1 aliphatic rings. The second kappa shape index (κ2) is 9.94. The summed E-state index contributed by atoms with van der Waals surface area (Å²) in [6.45, 7) is 6.52. The average Bonchev–Trinajstić information content (AvgIpc) is 2.71. The highest BCUT2D eigenvalue weighted by Gasteiger charge is 2.10. The number of rotatable bonds is 8. The third kappa shape index (κ3) is 5.86. The minimum atomic E-state index is -0.0459. The van der Waals surface area contributed by atoms with Gasteiger partial charge in [-0.05, 0) is 36.7 Å². The topological polar surface area (TPSA) is 53.6 Å². The fraction of sp³-hybridized carbons (Fsp3) is 0.381. The van der Waals surface area contributed by atoms with Gasteiger partial charge in [0.05, 0.1) is 0 Å². The van der Waals surface area contributed by atoms with E-state index in [2.05, 4.69) is 15.5 Å². The SMILES string of the molecule is O=C(NCCCN1CCNCC1)c1cccc(OCc2ccccc2)c1. The molecule has 0 atom stereocenters. The fourth-order valence-corrected chi connectivity index (χ4v) is 3.01. The number of amides is 1. The van der Waals surface area contributed by atoms with E-state index in [4.69, 9.17) is 4.74 Å². The minimum Gasteiger partial charge on any atom is -0.489 e. The van der Waals surface area contributed by atoms with Crippen LogP contribution in [0.15, 0.2) is 54.6 Å². The number of carbonyl (C=O) groups excluding carboxylic acids is 1. The van der Waals surface area contributed by atoms with Crippen LogP contribution in [-0.2, 0) is 6.61 Å². The van der Waals surface area contributed by atoms with E-state index < -0.39 is 0 Å². The van der Waals surface area contributed by atoms with E-state index in [0.717, 1.165) is 44.7 Å². The van der Waals surface area contributed by atoms with Crippen molar-refractivity contribution >= 4 is 5.91 Å². The van der Waals surface area contributed by atoms with Gasteiger partial charge in [0.25, 0.3) is 5.91 Å². The van der Waals surface area contributed by atoms with Crippen LogP contribution in [0.2, 0.25) is 0 Å². The highest BCUT2D eigenvalue weighted by molar-refractivity contribution is 5.94. The second-order valence-corrected chi connectivity index (χ2v) is 6.50. The standard InChI is InChI=1S/C21H27N3O2/c25-21(23-10-5-13-24-14-11-22-12-15-24)19-8-4-9-20(16-19)26-17-18-6-2-1-3-7-18/h1-4,6-9,16,22H,5,10-15,17H2,(H,23,25). The number of nitrogens with zero attached hydrogens (tertiary/aromatic N) is 1. The van der Waals surface area contributed by atoms with Gasteiger partial charge in [0.15, 0.2) is 0 Å². The van der Waals surface area contributed by atoms with Crippen molar-refractivity contribution in [3.05, 3.63) is 65.7 Å². The van der Waals surface area contributed by atoms with Gasteiger partial charge in [0.1, 0.15) is 12.4 Å². The van der Waals surface area contributed by atoms with Crippen LogP contribution in [0, 0.1) is 0 Å². The van der Waals surface area contributed by atoms with Crippen LogP contribution in [0.25, 0.3) is 0 Å². The van der Waals surface area contributed by atoms with E-state index in [0.29, 0.717) is 24.5 Å². The molecular weight excluding hydrogens is 326 g/mol. The van der Waals surface area contributed by atoms with Crippen molar-refractivity contribution in [1.82, 2.24) is 15.5 Å². The molecule has 5 heteroatoms. The first kappa shape index (κ1) is 18.4. The highest BCUT2D eigenvalue weighted by atomic mass is 16.5. The molecule has 0 radical (unpaired) electrons. The van der Waals surface area contributed by atoms with Crippen molar-refractivity contribution in [1.29, 1.82) is 0 Å². The van der Waals surface area contributed by atoms with Crippen molar-refractivity contribution in [2.24, 2.45) is 0 Å². The monoisotopic (exact) mass is 353 g/mol. The highest BCUT2D eigenvalue weighted by Crippen LogP contribution is 2.15. The van der Waals surface area contributed by atoms with Gasteiger partial charge in [0.2, 0.25) is 0 Å². The van der Waals surface area contributed by atoms with Gasteiger partial charge in [-0.3, -0.25) is 4.79 Å². The van der Waals surface area contributed by atoms with Gasteiger partial charge in [-0.1, -0.05) is 36.4 Å². The zero-order valence-corrected chi connectivity index (χ0v) is 15.1. The number of hydrogen-bond acceptors (Lipinski definition) is 4. The molecule has 1 fully saturated rings. The molecule has 3 rings (SSSR count). The first-order valence-corrected chi connectivity index (χ1v) is 9.29. The lowest BCUT2D eigenvalue weighted by molar-refractivity contribution is 0.0950. The number of hydrogen-bond donors (Lipinski definition) is 2. The summed E-state index contributed by atoms with van der Waals surface area (Å²) in [4.78, 5) is 14.8. The Kier molecular flexibility index (Phi) is 7.05. The third-order valence-corrected chi connectivity index (χ3v) is 4.49. The van der Waals surface area contributed by atoms with Crippen molar-refractivity contribution in [3.8, 4) is 5.75 Å². The summed E-state index contributed by atoms with van der Waals surface area (Å²) in [6.07, 6.45) is 0.968. The van der Waals surface area contributed by atoms with Crippen LogP contribution in [-0.4, -0.2) is 50.1 Å². The number of piperazine rings is 1. The van der Waals surface area contributed by atoms with Gasteiger partial charge in [0, 0.05) is 38.3 Å². The summed E-state index contributed by atoms with van der Waals surface area (Å²) in [5, 5.41) is 6.35. The molecule has 5 nitrogen and oxygen atoms in total. The minimum absolute atomic E-state index is 0.0459. The molecule has 1 aliphatic heterocycles. The Morgan fingerprint density at radius 1 is 1.08 bits per heavy atom. The van der Waals surface area contributed by atoms with E-state index in [1.54, 1.807) is 6.07 Å². The van der Waals surface area contributed by atoms with Crippen molar-refractivity contribution in [2.75, 3.05) is 39.3 Å². The van der Waals surface area contributed by atoms with Crippen LogP contribution in [0.1, 0.15) is 22.3 Å². The molecular formula is C21H27N3O2. The predicted molar refractivity (Wildman–Crippen MR) is 103 cm³/mol. The largest absolute Gasteiger partial charge is 0.489 e. The summed E-state index contributed by atoms with van der Waals surface area (Å²) in [5.41, 5.74) is 1.74. The lowest BCUT2D eigenvalue weighted by Crippen LogP contribution is -2.44. The van der Waals surface area contributed by atoms with Crippen molar-refractivity contribution in [3.63, 3.8) is 0 Å². The lowest BCUT2D eigenvalue weighted by Gasteiger charge is -2.27. The van der Waals surface area contributed by atoms with Crippen LogP contribution in [0.4, 0.5) is 0 Å². The number of benzene rings is 2. The summed E-state index contributed by atoms with van der Waals surface area (Å²) in [7, 11) is 0. The van der Waals surface area contributed by atoms with Gasteiger partial charge in [-0.15, -0.1) is 0 Å². The molecule has 1 heterocycles. The van der Waals surface area contributed by atoms with Crippen LogP contribution < -0.4 is 15.4 Å². The summed E-state index contributed by atoms with van der Waals surface area (Å²) < 4.78 is 5.80. The number of carbonyl (C=O) groups is 1. The lowest BCUT2D eigenvalue weighted by atomic mass is 10.2. The predicted octanol–water partition coefficient (Wildman–Crippen LogP) is 2.29. The van der Waals surface area contributed by atoms with Crippen molar-refractivity contribution in [2.45, 2.75) is 13.0 Å². The van der Waals surface area contributed by atoms with Crippen LogP contribution in [0.3, 0.4) is 0 Å². The Morgan fingerprint density at radius 2 is 1.88 bits per heavy atom. The van der Waals surface area contributed by atoms with Gasteiger partial charge < -0.3 is 20.3 Å². The fourth-order valence-electron chi connectivity index (χ4n) is 3.01. The summed E-state index contributed by atoms with van der Waals surface area (Å²) >= 11 is 0. The van der Waals surface area contributed by atoms with Gasteiger partial charge in [-0.2, -0.15) is 0 Å². The maximum Gasteiger partial charge on any atom is 0.251 e. The first-order chi connectivity index (χ1) is 12.8. The zero-order valence-electron chi connectivity index (χ0n) is 15.1. The molecule has 0 spiro atoms. The Morgan fingerprint density at radius 3 is 2.69 bits per heavy atom. The molecule has 26 heavy (non-hydrogen) atoms. The van der Waals surface area contributed by atoms with Crippen LogP contribution in [0.5, 0.6) is 5.75 Å². The first-order valence-electron chi connectivity index (χ1n) is 9.29. The third-order valence-electron chi connectivity index (χ3n) is 4.49. The van der Waals surface area contributed by atoms with E-state index >= 15 is 0 Å². The maximum atomic E-state index is 12.3. The summed E-state index contributed by atoms with van der Waals surface area (Å²) in [5.74, 6) is 0.665. The van der Waals surface area contributed by atoms with Crippen molar-refractivity contribution < 1.29 is 9.53 Å². The van der Waals surface area contributed by atoms with Gasteiger partial charge in [-0.25, -0.2) is 0 Å². The Bertz CT molecular complexity index is 685. The summed E-state index contributed by atoms with van der Waals surface area (Å²) in [6, 6.07) is 17.4. The molecule has 1 amide bonds. The molecule has 138 valence electrons. The molecule has 0 saturated carbocycles. The molecule has 0 aromatic heterocycles. The van der Waals surface area contributed by atoms with Gasteiger partial charge >= 0.3 is 0 Å². The maximum absolute atomic E-state index is 12.3. The normalized spacial score (nSPS) is 14.8. The quantitative estimate of drug-likeness (QED) is 0.715. The molecule has 2 N–H and O–H groups in total. The number of ether oxygens (including phenoxy) is 1. The molecule has 0 unspecified atom stereocenters. The zero-order chi connectivity index (χ0) is 18.0. The van der Waals surface area contributed by atoms with Crippen LogP contribution >= 0.6 is 0 Å². The molecule has 2 aromatic rings. The Hall–Kier alpha value is -2.37. The number of nitrogens with one attached hydrogen (secondary N) is 2. The Labute approximate surface area is 155 Å². The van der Waals surface area contributed by atoms with E-state index in [1.165, 1.54) is 0 Å². The molecule has 0 aliphatic carbocycles. The molecule has 2 aromatic carbocycles. The van der Waals surface area contributed by atoms with E-state index in [1.807, 2.05) is 48.5 Å². The Balaban J connectivity index is 1.42. The second-order valence-electron chi connectivity index (χ2n) is 6.50. The smallest absolute Gasteiger partial charge is 0.251 e. The van der Waals surface area contributed by atoms with E-state index in [9.17, 15) is 4.79 Å².